The van der Waals surface area contributed by atoms with Crippen molar-refractivity contribution in [3.63, 3.8) is 0 Å². The summed E-state index contributed by atoms with van der Waals surface area (Å²) in [5.41, 5.74) is 0.598. The van der Waals surface area contributed by atoms with Crippen molar-refractivity contribution in [1.82, 2.24) is 4.73 Å². The van der Waals surface area contributed by atoms with Gasteiger partial charge in [0, 0.05) is 6.20 Å². The Bertz CT molecular complexity index is 680. The third-order valence-corrected chi connectivity index (χ3v) is 2.45. The normalized spacial score (nSPS) is 11.4. The summed E-state index contributed by atoms with van der Waals surface area (Å²) in [6, 6.07) is 8.15. The van der Waals surface area contributed by atoms with Crippen LogP contribution in [0, 0.1) is 12.7 Å². The topological polar surface area (TPSA) is 66.6 Å². The van der Waals surface area contributed by atoms with Gasteiger partial charge in [-0.3, -0.25) is 0 Å². The van der Waals surface area contributed by atoms with Gasteiger partial charge in [0.25, 0.3) is 0 Å². The molecule has 0 fully saturated rings. The Morgan fingerprint density at radius 3 is 2.79 bits per heavy atom. The predicted octanol–water partition coefficient (Wildman–Crippen LogP) is 2.31. The second-order valence-electron chi connectivity index (χ2n) is 3.89. The first-order valence-corrected chi connectivity index (χ1v) is 5.55. The SMILES string of the molecule is Cc1c/c(=N/C(=O)Nc2ccccc2F)ccn1O. The van der Waals surface area contributed by atoms with E-state index in [1.54, 1.807) is 13.0 Å². The van der Waals surface area contributed by atoms with E-state index in [0.29, 0.717) is 11.1 Å². The van der Waals surface area contributed by atoms with Crippen molar-refractivity contribution in [2.45, 2.75) is 6.92 Å². The predicted molar refractivity (Wildman–Crippen MR) is 67.3 cm³/mol. The number of hydrogen-bond acceptors (Lipinski definition) is 2. The van der Waals surface area contributed by atoms with Crippen molar-refractivity contribution >= 4 is 11.7 Å². The third kappa shape index (κ3) is 3.19. The Morgan fingerprint density at radius 1 is 1.37 bits per heavy atom. The number of aromatic nitrogens is 1. The van der Waals surface area contributed by atoms with Crippen LogP contribution in [0.1, 0.15) is 5.69 Å². The van der Waals surface area contributed by atoms with Gasteiger partial charge in [-0.1, -0.05) is 12.1 Å². The maximum atomic E-state index is 13.3. The molecule has 0 atom stereocenters. The molecule has 5 nitrogen and oxygen atoms in total. The lowest BCUT2D eigenvalue weighted by Crippen LogP contribution is -2.14. The largest absolute Gasteiger partial charge is 0.429 e. The fourth-order valence-corrected chi connectivity index (χ4v) is 1.49. The van der Waals surface area contributed by atoms with Gasteiger partial charge in [-0.15, -0.1) is 0 Å². The summed E-state index contributed by atoms with van der Waals surface area (Å²) in [4.78, 5) is 15.4. The van der Waals surface area contributed by atoms with Gasteiger partial charge >= 0.3 is 6.03 Å². The molecule has 0 aliphatic rings. The number of benzene rings is 1. The number of aryl methyl sites for hydroxylation is 1. The van der Waals surface area contributed by atoms with Crippen LogP contribution >= 0.6 is 0 Å². The van der Waals surface area contributed by atoms with E-state index in [1.165, 1.54) is 36.5 Å². The Hall–Kier alpha value is -2.63. The van der Waals surface area contributed by atoms with Gasteiger partial charge in [0.15, 0.2) is 0 Å². The molecule has 2 aromatic rings. The molecule has 0 saturated carbocycles. The Balaban J connectivity index is 2.21. The molecule has 0 saturated heterocycles. The summed E-state index contributed by atoms with van der Waals surface area (Å²) >= 11 is 0. The van der Waals surface area contributed by atoms with E-state index in [-0.39, 0.29) is 5.69 Å². The zero-order valence-electron chi connectivity index (χ0n) is 10.2. The molecule has 1 aromatic carbocycles. The quantitative estimate of drug-likeness (QED) is 0.773. The highest BCUT2D eigenvalue weighted by Gasteiger charge is 2.04. The number of halogens is 1. The number of urea groups is 1. The minimum atomic E-state index is -0.680. The van der Waals surface area contributed by atoms with Crippen molar-refractivity contribution in [3.05, 3.63) is 59.5 Å². The fourth-order valence-electron chi connectivity index (χ4n) is 1.49. The smallest absolute Gasteiger partial charge is 0.346 e. The molecule has 0 radical (unpaired) electrons. The minimum absolute atomic E-state index is 0.0705. The van der Waals surface area contributed by atoms with Crippen molar-refractivity contribution in [1.29, 1.82) is 0 Å². The molecule has 1 heterocycles. The van der Waals surface area contributed by atoms with Crippen LogP contribution in [0.3, 0.4) is 0 Å². The summed E-state index contributed by atoms with van der Waals surface area (Å²) in [7, 11) is 0. The summed E-state index contributed by atoms with van der Waals surface area (Å²) in [5, 5.41) is 12.0. The van der Waals surface area contributed by atoms with Gasteiger partial charge in [0.05, 0.1) is 16.7 Å². The molecule has 0 aliphatic carbocycles. The van der Waals surface area contributed by atoms with E-state index >= 15 is 0 Å². The average molecular weight is 261 g/mol. The van der Waals surface area contributed by atoms with E-state index in [1.807, 2.05) is 0 Å². The number of nitrogens with zero attached hydrogens (tertiary/aromatic N) is 2. The van der Waals surface area contributed by atoms with Crippen LogP contribution in [0.25, 0.3) is 0 Å². The third-order valence-electron chi connectivity index (χ3n) is 2.45. The molecule has 2 rings (SSSR count). The zero-order chi connectivity index (χ0) is 13.8. The monoisotopic (exact) mass is 261 g/mol. The Kier molecular flexibility index (Phi) is 3.61. The molecule has 2 N–H and O–H groups in total. The molecule has 0 bridgehead atoms. The summed E-state index contributed by atoms with van der Waals surface area (Å²) in [6.07, 6.45) is 1.37. The van der Waals surface area contributed by atoms with Crippen LogP contribution in [0.15, 0.2) is 47.6 Å². The fraction of sp³-hybridized carbons (Fsp3) is 0.0769. The summed E-state index contributed by atoms with van der Waals surface area (Å²) in [6.45, 7) is 1.66. The number of anilines is 1. The molecule has 1 aromatic heterocycles. The molecule has 2 amide bonds. The van der Waals surface area contributed by atoms with E-state index in [4.69, 9.17) is 0 Å². The zero-order valence-corrected chi connectivity index (χ0v) is 10.2. The molecular weight excluding hydrogens is 249 g/mol. The van der Waals surface area contributed by atoms with Crippen LogP contribution in [-0.2, 0) is 0 Å². The highest BCUT2D eigenvalue weighted by Crippen LogP contribution is 2.12. The number of hydrogen-bond donors (Lipinski definition) is 2. The van der Waals surface area contributed by atoms with E-state index in [9.17, 15) is 14.4 Å². The average Bonchev–Trinajstić information content (AvgIpc) is 2.37. The number of nitrogens with one attached hydrogen (secondary N) is 1. The van der Waals surface area contributed by atoms with E-state index in [2.05, 4.69) is 10.3 Å². The molecule has 0 aliphatic heterocycles. The molecule has 6 heteroatoms. The Morgan fingerprint density at radius 2 is 2.11 bits per heavy atom. The summed E-state index contributed by atoms with van der Waals surface area (Å²) < 4.78 is 14.2. The lowest BCUT2D eigenvalue weighted by atomic mass is 10.3. The molecule has 98 valence electrons. The van der Waals surface area contributed by atoms with Gasteiger partial charge in [-0.05, 0) is 31.2 Å². The van der Waals surface area contributed by atoms with Gasteiger partial charge in [0.1, 0.15) is 5.82 Å². The first-order valence-electron chi connectivity index (χ1n) is 5.55. The van der Waals surface area contributed by atoms with Crippen LogP contribution < -0.4 is 10.7 Å². The molecular formula is C13H12FN3O2. The van der Waals surface area contributed by atoms with Gasteiger partial charge in [-0.25, -0.2) is 9.18 Å². The molecule has 0 unspecified atom stereocenters. The minimum Gasteiger partial charge on any atom is -0.429 e. The molecule has 0 spiro atoms. The highest BCUT2D eigenvalue weighted by molar-refractivity contribution is 5.90. The number of carbonyl (C=O) groups excluding carboxylic acids is 1. The van der Waals surface area contributed by atoms with Crippen LogP contribution in [0.5, 0.6) is 0 Å². The maximum absolute atomic E-state index is 13.3. The highest BCUT2D eigenvalue weighted by atomic mass is 19.1. The van der Waals surface area contributed by atoms with Gasteiger partial charge < -0.3 is 10.5 Å². The number of amides is 2. The lowest BCUT2D eigenvalue weighted by molar-refractivity contribution is 0.177. The van der Waals surface area contributed by atoms with Crippen molar-refractivity contribution in [2.24, 2.45) is 4.99 Å². The van der Waals surface area contributed by atoms with E-state index in [0.717, 1.165) is 4.73 Å². The van der Waals surface area contributed by atoms with Crippen LogP contribution in [0.2, 0.25) is 0 Å². The van der Waals surface area contributed by atoms with Crippen LogP contribution in [-0.4, -0.2) is 16.0 Å². The second-order valence-corrected chi connectivity index (χ2v) is 3.89. The number of para-hydroxylation sites is 1. The molecule has 19 heavy (non-hydrogen) atoms. The number of carbonyl (C=O) groups is 1. The number of rotatable bonds is 1. The maximum Gasteiger partial charge on any atom is 0.346 e. The summed E-state index contributed by atoms with van der Waals surface area (Å²) in [5.74, 6) is -0.525. The lowest BCUT2D eigenvalue weighted by Gasteiger charge is -2.03. The van der Waals surface area contributed by atoms with Crippen molar-refractivity contribution in [3.8, 4) is 0 Å². The Labute approximate surface area is 108 Å². The van der Waals surface area contributed by atoms with Crippen molar-refractivity contribution in [2.75, 3.05) is 5.32 Å². The van der Waals surface area contributed by atoms with Gasteiger partial charge in [-0.2, -0.15) is 9.72 Å². The first-order chi connectivity index (χ1) is 9.06. The van der Waals surface area contributed by atoms with Crippen LogP contribution in [0.4, 0.5) is 14.9 Å². The van der Waals surface area contributed by atoms with Gasteiger partial charge in [0.2, 0.25) is 0 Å². The van der Waals surface area contributed by atoms with E-state index < -0.39 is 11.8 Å². The number of pyridine rings is 1. The second kappa shape index (κ2) is 5.34. The standard InChI is InChI=1S/C13H12FN3O2/c1-9-8-10(6-7-17(9)19)15-13(18)16-12-5-3-2-4-11(12)14/h2-8,19H,1H3,(H,16,18)/b15-10+. The first kappa shape index (κ1) is 12.8. The van der Waals surface area contributed by atoms with Crippen molar-refractivity contribution < 1.29 is 14.4 Å².